The van der Waals surface area contributed by atoms with Gasteiger partial charge in [-0.15, -0.1) is 0 Å². The molecule has 0 bridgehead atoms. The van der Waals surface area contributed by atoms with Gasteiger partial charge in [0, 0.05) is 18.7 Å². The van der Waals surface area contributed by atoms with Crippen molar-refractivity contribution in [3.63, 3.8) is 0 Å². The van der Waals surface area contributed by atoms with Gasteiger partial charge in [0.25, 0.3) is 0 Å². The molecule has 0 spiro atoms. The summed E-state index contributed by atoms with van der Waals surface area (Å²) >= 11 is 0. The third kappa shape index (κ3) is 5.29. The molecule has 5 nitrogen and oxygen atoms in total. The van der Waals surface area contributed by atoms with Gasteiger partial charge in [0.1, 0.15) is 5.82 Å². The predicted molar refractivity (Wildman–Crippen MR) is 97.8 cm³/mol. The third-order valence-corrected chi connectivity index (χ3v) is 5.04. The average molecular weight is 364 g/mol. The van der Waals surface area contributed by atoms with Crippen LogP contribution in [0, 0.1) is 19.7 Å². The fraction of sp³-hybridized carbons (Fsp3) is 0.278. The molecule has 0 saturated heterocycles. The van der Waals surface area contributed by atoms with E-state index in [0.717, 1.165) is 21.7 Å². The summed E-state index contributed by atoms with van der Waals surface area (Å²) in [5.74, 6) is -0.747. The quantitative estimate of drug-likeness (QED) is 0.856. The highest BCUT2D eigenvalue weighted by Crippen LogP contribution is 2.19. The second-order valence-corrected chi connectivity index (χ2v) is 7.82. The zero-order valence-corrected chi connectivity index (χ0v) is 15.2. The summed E-state index contributed by atoms with van der Waals surface area (Å²) < 4.78 is 38.1. The summed E-state index contributed by atoms with van der Waals surface area (Å²) in [4.78, 5) is 12.1. The molecule has 0 radical (unpaired) electrons. The van der Waals surface area contributed by atoms with Crippen molar-refractivity contribution < 1.29 is 17.6 Å². The Bertz CT molecular complexity index is 864. The smallest absolute Gasteiger partial charge is 0.232 e. The van der Waals surface area contributed by atoms with Crippen LogP contribution in [0.15, 0.2) is 42.5 Å². The van der Waals surface area contributed by atoms with E-state index in [1.54, 1.807) is 6.07 Å². The Kier molecular flexibility index (Phi) is 5.79. The van der Waals surface area contributed by atoms with E-state index in [2.05, 4.69) is 5.32 Å². The van der Waals surface area contributed by atoms with Crippen LogP contribution in [0.3, 0.4) is 0 Å². The summed E-state index contributed by atoms with van der Waals surface area (Å²) in [6, 6.07) is 10.7. The van der Waals surface area contributed by atoms with Crippen LogP contribution < -0.4 is 9.62 Å². The van der Waals surface area contributed by atoms with E-state index in [0.29, 0.717) is 11.4 Å². The van der Waals surface area contributed by atoms with E-state index >= 15 is 0 Å². The lowest BCUT2D eigenvalue weighted by atomic mass is 10.1. The minimum absolute atomic E-state index is 0.0165. The second kappa shape index (κ2) is 7.65. The van der Waals surface area contributed by atoms with Crippen molar-refractivity contribution in [2.75, 3.05) is 22.4 Å². The number of nitrogens with one attached hydrogen (secondary N) is 1. The molecule has 134 valence electrons. The molecule has 1 amide bonds. The first-order valence-corrected chi connectivity index (χ1v) is 9.62. The Hall–Kier alpha value is -2.41. The van der Waals surface area contributed by atoms with Crippen molar-refractivity contribution in [2.24, 2.45) is 0 Å². The van der Waals surface area contributed by atoms with Gasteiger partial charge in [-0.3, -0.25) is 9.10 Å². The fourth-order valence-electron chi connectivity index (χ4n) is 2.34. The Morgan fingerprint density at radius 3 is 2.28 bits per heavy atom. The Morgan fingerprint density at radius 1 is 1.08 bits per heavy atom. The number of carbonyl (C=O) groups is 1. The number of rotatable bonds is 6. The number of carbonyl (C=O) groups excluding carboxylic acids is 1. The maximum atomic E-state index is 13.0. The maximum absolute atomic E-state index is 13.0. The molecule has 25 heavy (non-hydrogen) atoms. The number of nitrogens with zero attached hydrogens (tertiary/aromatic N) is 1. The average Bonchev–Trinajstić information content (AvgIpc) is 2.51. The van der Waals surface area contributed by atoms with E-state index < -0.39 is 15.8 Å². The van der Waals surface area contributed by atoms with Crippen molar-refractivity contribution in [2.45, 2.75) is 20.3 Å². The second-order valence-electron chi connectivity index (χ2n) is 5.91. The van der Waals surface area contributed by atoms with E-state index in [1.165, 1.54) is 24.3 Å². The topological polar surface area (TPSA) is 66.5 Å². The lowest BCUT2D eigenvalue weighted by Crippen LogP contribution is -2.33. The zero-order chi connectivity index (χ0) is 18.6. The van der Waals surface area contributed by atoms with Crippen molar-refractivity contribution in [3.8, 4) is 0 Å². The van der Waals surface area contributed by atoms with Gasteiger partial charge in [0.15, 0.2) is 0 Å². The highest BCUT2D eigenvalue weighted by Gasteiger charge is 2.18. The van der Waals surface area contributed by atoms with Gasteiger partial charge in [-0.2, -0.15) is 0 Å². The Morgan fingerprint density at radius 2 is 1.72 bits per heavy atom. The van der Waals surface area contributed by atoms with E-state index in [9.17, 15) is 17.6 Å². The Balaban J connectivity index is 2.06. The van der Waals surface area contributed by atoms with Crippen LogP contribution >= 0.6 is 0 Å². The molecular weight excluding hydrogens is 343 g/mol. The largest absolute Gasteiger partial charge is 0.326 e. The molecule has 0 aliphatic heterocycles. The van der Waals surface area contributed by atoms with Crippen molar-refractivity contribution in [1.82, 2.24) is 0 Å². The summed E-state index contributed by atoms with van der Waals surface area (Å²) in [5, 5.41) is 2.76. The molecule has 0 saturated carbocycles. The molecule has 0 unspecified atom stereocenters. The van der Waals surface area contributed by atoms with Gasteiger partial charge < -0.3 is 5.32 Å². The van der Waals surface area contributed by atoms with Crippen LogP contribution in [0.1, 0.15) is 17.5 Å². The van der Waals surface area contributed by atoms with Gasteiger partial charge in [-0.05, 0) is 61.4 Å². The molecule has 0 heterocycles. The first kappa shape index (κ1) is 18.9. The molecule has 0 aromatic heterocycles. The molecule has 0 fully saturated rings. The molecule has 2 rings (SSSR count). The molecule has 0 aliphatic rings. The lowest BCUT2D eigenvalue weighted by molar-refractivity contribution is -0.116. The SMILES string of the molecule is Cc1ccc(NC(=O)CCN(c2ccc(F)cc2)S(C)(=O)=O)cc1C. The zero-order valence-electron chi connectivity index (χ0n) is 14.4. The van der Waals surface area contributed by atoms with Crippen LogP contribution in [-0.2, 0) is 14.8 Å². The minimum Gasteiger partial charge on any atom is -0.326 e. The standard InChI is InChI=1S/C18H21FN2O3S/c1-13-4-7-16(12-14(13)2)20-18(22)10-11-21(25(3,23)24)17-8-5-15(19)6-9-17/h4-9,12H,10-11H2,1-3H3,(H,20,22). The molecule has 2 aromatic carbocycles. The highest BCUT2D eigenvalue weighted by molar-refractivity contribution is 7.92. The Labute approximate surface area is 147 Å². The predicted octanol–water partition coefficient (Wildman–Crippen LogP) is 3.24. The van der Waals surface area contributed by atoms with Gasteiger partial charge in [0.2, 0.25) is 15.9 Å². The summed E-state index contributed by atoms with van der Waals surface area (Å²) in [7, 11) is -3.58. The van der Waals surface area contributed by atoms with Gasteiger partial charge >= 0.3 is 0 Å². The lowest BCUT2D eigenvalue weighted by Gasteiger charge is -2.22. The number of anilines is 2. The molecule has 2 aromatic rings. The molecule has 0 aliphatic carbocycles. The fourth-order valence-corrected chi connectivity index (χ4v) is 3.27. The molecular formula is C18H21FN2O3S. The number of sulfonamides is 1. The van der Waals surface area contributed by atoms with Gasteiger partial charge in [-0.25, -0.2) is 12.8 Å². The van der Waals surface area contributed by atoms with Gasteiger partial charge in [0.05, 0.1) is 11.9 Å². The number of halogens is 1. The first-order chi connectivity index (χ1) is 11.7. The third-order valence-electron chi connectivity index (χ3n) is 3.85. The molecule has 0 atom stereocenters. The number of amides is 1. The van der Waals surface area contributed by atoms with Crippen LogP contribution in [0.4, 0.5) is 15.8 Å². The monoisotopic (exact) mass is 364 g/mol. The van der Waals surface area contributed by atoms with Crippen molar-refractivity contribution in [3.05, 3.63) is 59.4 Å². The van der Waals surface area contributed by atoms with Crippen LogP contribution in [0.25, 0.3) is 0 Å². The van der Waals surface area contributed by atoms with Gasteiger partial charge in [-0.1, -0.05) is 6.07 Å². The van der Waals surface area contributed by atoms with Crippen molar-refractivity contribution >= 4 is 27.3 Å². The van der Waals surface area contributed by atoms with Crippen LogP contribution in [-0.4, -0.2) is 27.1 Å². The number of hydrogen-bond acceptors (Lipinski definition) is 3. The van der Waals surface area contributed by atoms with Crippen LogP contribution in [0.2, 0.25) is 0 Å². The molecule has 7 heteroatoms. The van der Waals surface area contributed by atoms with E-state index in [-0.39, 0.29) is 18.9 Å². The number of benzene rings is 2. The minimum atomic E-state index is -3.58. The summed E-state index contributed by atoms with van der Waals surface area (Å²) in [5.41, 5.74) is 3.17. The summed E-state index contributed by atoms with van der Waals surface area (Å²) in [6.45, 7) is 3.90. The van der Waals surface area contributed by atoms with E-state index in [4.69, 9.17) is 0 Å². The number of aryl methyl sites for hydroxylation is 2. The normalized spacial score (nSPS) is 11.2. The molecule has 1 N–H and O–H groups in total. The van der Waals surface area contributed by atoms with E-state index in [1.807, 2.05) is 26.0 Å². The number of hydrogen-bond donors (Lipinski definition) is 1. The summed E-state index contributed by atoms with van der Waals surface area (Å²) in [6.07, 6.45) is 1.04. The highest BCUT2D eigenvalue weighted by atomic mass is 32.2. The van der Waals surface area contributed by atoms with Crippen LogP contribution in [0.5, 0.6) is 0 Å². The first-order valence-electron chi connectivity index (χ1n) is 7.77. The van der Waals surface area contributed by atoms with Crippen molar-refractivity contribution in [1.29, 1.82) is 0 Å². The maximum Gasteiger partial charge on any atom is 0.232 e.